The summed E-state index contributed by atoms with van der Waals surface area (Å²) in [4.78, 5) is 2.17. The molecule has 0 amide bonds. The zero-order valence-electron chi connectivity index (χ0n) is 11.1. The fourth-order valence-electron chi connectivity index (χ4n) is 2.08. The summed E-state index contributed by atoms with van der Waals surface area (Å²) in [7, 11) is 1.88. The molecule has 0 unspecified atom stereocenters. The van der Waals surface area contributed by atoms with Crippen LogP contribution < -0.4 is 4.90 Å². The van der Waals surface area contributed by atoms with Gasteiger partial charge < -0.3 is 15.1 Å². The highest BCUT2D eigenvalue weighted by molar-refractivity contribution is 5.50. The molecule has 98 valence electrons. The highest BCUT2D eigenvalue weighted by Crippen LogP contribution is 2.25. The van der Waals surface area contributed by atoms with Crippen LogP contribution in [0.5, 0.6) is 0 Å². The Labute approximate surface area is 103 Å². The SMILES string of the molecule is Cc1nn(C)c(N(CCCO)C(C)C)c1CO. The molecule has 1 rings (SSSR count). The van der Waals surface area contributed by atoms with Crippen LogP contribution in [0.1, 0.15) is 31.5 Å². The summed E-state index contributed by atoms with van der Waals surface area (Å²) in [5.41, 5.74) is 1.73. The Balaban J connectivity index is 3.08. The first kappa shape index (κ1) is 14.0. The van der Waals surface area contributed by atoms with Gasteiger partial charge in [-0.3, -0.25) is 4.68 Å². The Morgan fingerprint density at radius 2 is 2.00 bits per heavy atom. The molecule has 0 bridgehead atoms. The van der Waals surface area contributed by atoms with Crippen molar-refractivity contribution in [2.75, 3.05) is 18.1 Å². The van der Waals surface area contributed by atoms with Crippen LogP contribution in [-0.4, -0.2) is 39.2 Å². The Bertz CT molecular complexity index is 361. The van der Waals surface area contributed by atoms with Crippen LogP contribution in [0.25, 0.3) is 0 Å². The predicted octanol–water partition coefficient (Wildman–Crippen LogP) is 0.818. The topological polar surface area (TPSA) is 61.5 Å². The second kappa shape index (κ2) is 6.02. The van der Waals surface area contributed by atoms with E-state index in [9.17, 15) is 5.11 Å². The van der Waals surface area contributed by atoms with Gasteiger partial charge in [0.1, 0.15) is 5.82 Å². The molecule has 0 aliphatic heterocycles. The number of hydrogen-bond donors (Lipinski definition) is 2. The van der Waals surface area contributed by atoms with Crippen molar-refractivity contribution in [2.45, 2.75) is 39.8 Å². The molecule has 1 aromatic heterocycles. The largest absolute Gasteiger partial charge is 0.396 e. The molecule has 0 fully saturated rings. The standard InChI is InChI=1S/C12H23N3O2/c1-9(2)15(6-5-7-16)12-11(8-17)10(3)13-14(12)4/h9,16-17H,5-8H2,1-4H3. The minimum absolute atomic E-state index is 0.00263. The third-order valence-electron chi connectivity index (χ3n) is 2.92. The van der Waals surface area contributed by atoms with E-state index in [1.165, 1.54) is 0 Å². The van der Waals surface area contributed by atoms with Gasteiger partial charge in [-0.1, -0.05) is 0 Å². The molecule has 0 aromatic carbocycles. The third-order valence-corrected chi connectivity index (χ3v) is 2.92. The maximum atomic E-state index is 9.44. The maximum Gasteiger partial charge on any atom is 0.132 e. The zero-order valence-corrected chi connectivity index (χ0v) is 11.1. The molecule has 0 radical (unpaired) electrons. The van der Waals surface area contributed by atoms with E-state index in [0.29, 0.717) is 12.5 Å². The molecule has 5 heteroatoms. The number of aliphatic hydroxyl groups excluding tert-OH is 2. The van der Waals surface area contributed by atoms with Gasteiger partial charge in [0, 0.05) is 31.8 Å². The molecule has 0 saturated carbocycles. The van der Waals surface area contributed by atoms with Crippen molar-refractivity contribution in [3.05, 3.63) is 11.3 Å². The van der Waals surface area contributed by atoms with Crippen molar-refractivity contribution in [2.24, 2.45) is 7.05 Å². The molecule has 0 aliphatic carbocycles. The summed E-state index contributed by atoms with van der Waals surface area (Å²) in [6, 6.07) is 0.307. The quantitative estimate of drug-likeness (QED) is 0.774. The van der Waals surface area contributed by atoms with Crippen molar-refractivity contribution >= 4 is 5.82 Å². The predicted molar refractivity (Wildman–Crippen MR) is 68.1 cm³/mol. The van der Waals surface area contributed by atoms with Gasteiger partial charge in [0.2, 0.25) is 0 Å². The first-order valence-corrected chi connectivity index (χ1v) is 6.03. The molecule has 0 aliphatic rings. The van der Waals surface area contributed by atoms with Crippen molar-refractivity contribution < 1.29 is 10.2 Å². The average molecular weight is 241 g/mol. The highest BCUT2D eigenvalue weighted by Gasteiger charge is 2.20. The lowest BCUT2D eigenvalue weighted by Gasteiger charge is -2.29. The first-order chi connectivity index (χ1) is 8.02. The fourth-order valence-corrected chi connectivity index (χ4v) is 2.08. The monoisotopic (exact) mass is 241 g/mol. The van der Waals surface area contributed by atoms with E-state index in [1.807, 2.05) is 14.0 Å². The number of aliphatic hydroxyl groups is 2. The number of aromatic nitrogens is 2. The van der Waals surface area contributed by atoms with Crippen molar-refractivity contribution in [1.82, 2.24) is 9.78 Å². The van der Waals surface area contributed by atoms with E-state index in [4.69, 9.17) is 5.11 Å². The van der Waals surface area contributed by atoms with Crippen molar-refractivity contribution in [3.8, 4) is 0 Å². The lowest BCUT2D eigenvalue weighted by Crippen LogP contribution is -2.34. The molecule has 5 nitrogen and oxygen atoms in total. The van der Waals surface area contributed by atoms with Gasteiger partial charge in [0.25, 0.3) is 0 Å². The van der Waals surface area contributed by atoms with E-state index in [-0.39, 0.29) is 13.2 Å². The molecular weight excluding hydrogens is 218 g/mol. The second-order valence-corrected chi connectivity index (χ2v) is 4.53. The maximum absolute atomic E-state index is 9.44. The first-order valence-electron chi connectivity index (χ1n) is 6.03. The number of hydrogen-bond acceptors (Lipinski definition) is 4. The molecule has 1 aromatic rings. The van der Waals surface area contributed by atoms with Crippen LogP contribution in [0, 0.1) is 6.92 Å². The van der Waals surface area contributed by atoms with Gasteiger partial charge in [-0.25, -0.2) is 0 Å². The van der Waals surface area contributed by atoms with Gasteiger partial charge in [-0.2, -0.15) is 5.10 Å². The van der Waals surface area contributed by atoms with Gasteiger partial charge in [-0.05, 0) is 27.2 Å². The van der Waals surface area contributed by atoms with E-state index in [2.05, 4.69) is 23.8 Å². The lowest BCUT2D eigenvalue weighted by atomic mass is 10.2. The fraction of sp³-hybridized carbons (Fsp3) is 0.750. The van der Waals surface area contributed by atoms with Gasteiger partial charge in [0.15, 0.2) is 0 Å². The third kappa shape index (κ3) is 2.98. The summed E-state index contributed by atoms with van der Waals surface area (Å²) in [6.45, 7) is 7.04. The minimum atomic E-state index is -0.00263. The summed E-state index contributed by atoms with van der Waals surface area (Å²) in [5.74, 6) is 0.952. The van der Waals surface area contributed by atoms with E-state index < -0.39 is 0 Å². The lowest BCUT2D eigenvalue weighted by molar-refractivity contribution is 0.279. The number of aryl methyl sites for hydroxylation is 2. The van der Waals surface area contributed by atoms with Crippen molar-refractivity contribution in [3.63, 3.8) is 0 Å². The molecule has 0 atom stereocenters. The minimum Gasteiger partial charge on any atom is -0.396 e. The smallest absolute Gasteiger partial charge is 0.132 e. The van der Waals surface area contributed by atoms with Crippen molar-refractivity contribution in [1.29, 1.82) is 0 Å². The van der Waals surface area contributed by atoms with Crippen LogP contribution in [0.15, 0.2) is 0 Å². The van der Waals surface area contributed by atoms with E-state index in [0.717, 1.165) is 23.6 Å². The number of anilines is 1. The molecule has 1 heterocycles. The van der Waals surface area contributed by atoms with E-state index in [1.54, 1.807) is 4.68 Å². The molecule has 17 heavy (non-hydrogen) atoms. The van der Waals surface area contributed by atoms with Gasteiger partial charge in [-0.15, -0.1) is 0 Å². The van der Waals surface area contributed by atoms with Gasteiger partial charge >= 0.3 is 0 Å². The molecule has 2 N–H and O–H groups in total. The molecule has 0 spiro atoms. The Kier molecular flexibility index (Phi) is 4.96. The molecule has 0 saturated heterocycles. The molecular formula is C12H23N3O2. The van der Waals surface area contributed by atoms with Crippen LogP contribution in [0.3, 0.4) is 0 Å². The Hall–Kier alpha value is -1.07. The summed E-state index contributed by atoms with van der Waals surface area (Å²) < 4.78 is 1.80. The van der Waals surface area contributed by atoms with Crippen LogP contribution >= 0.6 is 0 Å². The van der Waals surface area contributed by atoms with Crippen LogP contribution in [-0.2, 0) is 13.7 Å². The van der Waals surface area contributed by atoms with E-state index >= 15 is 0 Å². The summed E-state index contributed by atoms with van der Waals surface area (Å²) in [5, 5.41) is 22.7. The normalized spacial score (nSPS) is 11.2. The average Bonchev–Trinajstić information content (AvgIpc) is 2.54. The van der Waals surface area contributed by atoms with Gasteiger partial charge in [0.05, 0.1) is 12.3 Å². The Morgan fingerprint density at radius 3 is 2.47 bits per heavy atom. The van der Waals surface area contributed by atoms with Crippen LogP contribution in [0.4, 0.5) is 5.82 Å². The Morgan fingerprint density at radius 1 is 1.35 bits per heavy atom. The number of nitrogens with zero attached hydrogens (tertiary/aromatic N) is 3. The van der Waals surface area contributed by atoms with Crippen LogP contribution in [0.2, 0.25) is 0 Å². The number of rotatable bonds is 6. The highest BCUT2D eigenvalue weighted by atomic mass is 16.3. The summed E-state index contributed by atoms with van der Waals surface area (Å²) in [6.07, 6.45) is 0.716. The summed E-state index contributed by atoms with van der Waals surface area (Å²) >= 11 is 0. The second-order valence-electron chi connectivity index (χ2n) is 4.53. The zero-order chi connectivity index (χ0) is 13.0.